The van der Waals surface area contributed by atoms with Crippen LogP contribution in [0, 0.1) is 0 Å². The maximum absolute atomic E-state index is 5.32. The van der Waals surface area contributed by atoms with Crippen LogP contribution >= 0.6 is 24.4 Å². The minimum atomic E-state index is 0.0221. The Bertz CT molecular complexity index is 202. The summed E-state index contributed by atoms with van der Waals surface area (Å²) in [5, 5.41) is 3.21. The number of hydrogen-bond donors (Lipinski definition) is 1. The summed E-state index contributed by atoms with van der Waals surface area (Å²) >= 11 is 10.3. The fraction of sp³-hybridized carbons (Fsp3) is 0.800. The standard InChI is InChI=1S/C10H20N2S2/c1-5-10(3,4)12(8-13)9(14)7-11-6-2/h8,11H,5-7H2,1-4H3. The summed E-state index contributed by atoms with van der Waals surface area (Å²) in [6, 6.07) is 0. The van der Waals surface area contributed by atoms with E-state index in [0.29, 0.717) is 0 Å². The average Bonchev–Trinajstić information content (AvgIpc) is 2.15. The van der Waals surface area contributed by atoms with E-state index in [2.05, 4.69) is 33.0 Å². The predicted octanol–water partition coefficient (Wildman–Crippen LogP) is 2.37. The van der Waals surface area contributed by atoms with Crippen LogP contribution in [0.5, 0.6) is 0 Å². The molecular formula is C10H20N2S2. The van der Waals surface area contributed by atoms with E-state index in [1.54, 1.807) is 5.49 Å². The van der Waals surface area contributed by atoms with E-state index in [9.17, 15) is 0 Å². The second kappa shape index (κ2) is 6.43. The van der Waals surface area contributed by atoms with Crippen LogP contribution in [0.2, 0.25) is 0 Å². The first-order chi connectivity index (χ1) is 6.49. The molecule has 0 aromatic heterocycles. The van der Waals surface area contributed by atoms with Crippen molar-refractivity contribution in [1.29, 1.82) is 0 Å². The van der Waals surface area contributed by atoms with Gasteiger partial charge in [-0.15, -0.1) is 0 Å². The van der Waals surface area contributed by atoms with Gasteiger partial charge in [-0.25, -0.2) is 0 Å². The van der Waals surface area contributed by atoms with E-state index < -0.39 is 0 Å². The Hall–Kier alpha value is -0.0600. The lowest BCUT2D eigenvalue weighted by atomic mass is 10.0. The van der Waals surface area contributed by atoms with Gasteiger partial charge in [0, 0.05) is 12.1 Å². The van der Waals surface area contributed by atoms with Gasteiger partial charge in [0.25, 0.3) is 0 Å². The summed E-state index contributed by atoms with van der Waals surface area (Å²) in [4.78, 5) is 2.87. The third-order valence-electron chi connectivity index (χ3n) is 2.42. The van der Waals surface area contributed by atoms with E-state index >= 15 is 0 Å². The number of hydrogen-bond acceptors (Lipinski definition) is 3. The molecular weight excluding hydrogens is 212 g/mol. The van der Waals surface area contributed by atoms with Gasteiger partial charge in [-0.3, -0.25) is 0 Å². The molecule has 0 bridgehead atoms. The van der Waals surface area contributed by atoms with Crippen molar-refractivity contribution < 1.29 is 0 Å². The molecule has 0 spiro atoms. The summed E-state index contributed by atoms with van der Waals surface area (Å²) < 4.78 is 0. The molecule has 0 fully saturated rings. The first-order valence-electron chi connectivity index (χ1n) is 4.97. The highest BCUT2D eigenvalue weighted by molar-refractivity contribution is 7.81. The van der Waals surface area contributed by atoms with E-state index in [-0.39, 0.29) is 5.54 Å². The van der Waals surface area contributed by atoms with Gasteiger partial charge < -0.3 is 10.2 Å². The zero-order valence-corrected chi connectivity index (χ0v) is 11.1. The number of thiocarbonyl (C=S) groups is 2. The Morgan fingerprint density at radius 3 is 2.36 bits per heavy atom. The third-order valence-corrected chi connectivity index (χ3v) is 2.97. The summed E-state index contributed by atoms with van der Waals surface area (Å²) in [5.41, 5.74) is 1.68. The molecule has 14 heavy (non-hydrogen) atoms. The molecule has 4 heteroatoms. The molecule has 2 nitrogen and oxygen atoms in total. The summed E-state index contributed by atoms with van der Waals surface area (Å²) in [7, 11) is 0. The van der Waals surface area contributed by atoms with Gasteiger partial charge in [0.05, 0.1) is 10.5 Å². The molecule has 0 atom stereocenters. The zero-order valence-electron chi connectivity index (χ0n) is 9.46. The van der Waals surface area contributed by atoms with Gasteiger partial charge in [0.1, 0.15) is 0 Å². The number of rotatable bonds is 6. The maximum atomic E-state index is 5.32. The van der Waals surface area contributed by atoms with Crippen LogP contribution in [0.4, 0.5) is 0 Å². The second-order valence-corrected chi connectivity index (χ2v) is 4.50. The fourth-order valence-corrected chi connectivity index (χ4v) is 1.91. The minimum Gasteiger partial charge on any atom is -0.326 e. The Morgan fingerprint density at radius 1 is 1.43 bits per heavy atom. The Morgan fingerprint density at radius 2 is 2.00 bits per heavy atom. The topological polar surface area (TPSA) is 15.3 Å². The van der Waals surface area contributed by atoms with E-state index in [0.717, 1.165) is 24.5 Å². The smallest absolute Gasteiger partial charge is 0.0970 e. The van der Waals surface area contributed by atoms with E-state index in [4.69, 9.17) is 24.4 Å². The Kier molecular flexibility index (Phi) is 6.40. The molecule has 0 amide bonds. The van der Waals surface area contributed by atoms with Crippen LogP contribution in [0.15, 0.2) is 0 Å². The molecule has 82 valence electrons. The summed E-state index contributed by atoms with van der Waals surface area (Å²) in [6.45, 7) is 10.2. The van der Waals surface area contributed by atoms with Gasteiger partial charge in [-0.1, -0.05) is 38.3 Å². The van der Waals surface area contributed by atoms with Gasteiger partial charge in [0.15, 0.2) is 0 Å². The van der Waals surface area contributed by atoms with Crippen LogP contribution in [-0.4, -0.2) is 34.0 Å². The van der Waals surface area contributed by atoms with Crippen molar-refractivity contribution in [2.45, 2.75) is 39.7 Å². The predicted molar refractivity (Wildman–Crippen MR) is 71.0 cm³/mol. The molecule has 1 N–H and O–H groups in total. The highest BCUT2D eigenvalue weighted by Crippen LogP contribution is 2.17. The van der Waals surface area contributed by atoms with Gasteiger partial charge >= 0.3 is 0 Å². The lowest BCUT2D eigenvalue weighted by Crippen LogP contribution is -2.48. The van der Waals surface area contributed by atoms with Crippen LogP contribution in [-0.2, 0) is 0 Å². The number of nitrogens with zero attached hydrogens (tertiary/aromatic N) is 1. The van der Waals surface area contributed by atoms with Crippen molar-refractivity contribution in [3.63, 3.8) is 0 Å². The monoisotopic (exact) mass is 232 g/mol. The molecule has 0 aliphatic heterocycles. The molecule has 0 aliphatic carbocycles. The SMILES string of the molecule is CCNCC(=S)N(C=S)C(C)(C)CC. The highest BCUT2D eigenvalue weighted by atomic mass is 32.1. The zero-order chi connectivity index (χ0) is 11.2. The molecule has 0 unspecified atom stereocenters. The fourth-order valence-electron chi connectivity index (χ4n) is 1.03. The van der Waals surface area contributed by atoms with Crippen LogP contribution in [0.1, 0.15) is 34.1 Å². The minimum absolute atomic E-state index is 0.0221. The first-order valence-corrected chi connectivity index (χ1v) is 5.85. The van der Waals surface area contributed by atoms with Crippen molar-refractivity contribution in [2.75, 3.05) is 13.1 Å². The van der Waals surface area contributed by atoms with Gasteiger partial charge in [-0.2, -0.15) is 0 Å². The molecule has 0 aliphatic rings. The normalized spacial score (nSPS) is 11.1. The molecule has 0 heterocycles. The van der Waals surface area contributed by atoms with Crippen LogP contribution < -0.4 is 5.32 Å². The van der Waals surface area contributed by atoms with E-state index in [1.165, 1.54) is 0 Å². The molecule has 0 aromatic carbocycles. The molecule has 0 aromatic rings. The van der Waals surface area contributed by atoms with Crippen LogP contribution in [0.25, 0.3) is 0 Å². The maximum Gasteiger partial charge on any atom is 0.0970 e. The van der Waals surface area contributed by atoms with Crippen molar-refractivity contribution in [1.82, 2.24) is 10.2 Å². The molecule has 0 saturated carbocycles. The average molecular weight is 232 g/mol. The highest BCUT2D eigenvalue weighted by Gasteiger charge is 2.24. The number of nitrogens with one attached hydrogen (secondary N) is 1. The van der Waals surface area contributed by atoms with Gasteiger partial charge in [0.2, 0.25) is 0 Å². The molecule has 0 radical (unpaired) electrons. The first kappa shape index (κ1) is 13.9. The lowest BCUT2D eigenvalue weighted by molar-refractivity contribution is 0.310. The lowest BCUT2D eigenvalue weighted by Gasteiger charge is -2.36. The van der Waals surface area contributed by atoms with Crippen molar-refractivity contribution in [2.24, 2.45) is 0 Å². The summed E-state index contributed by atoms with van der Waals surface area (Å²) in [5.74, 6) is 0. The second-order valence-electron chi connectivity index (χ2n) is 3.82. The van der Waals surface area contributed by atoms with Gasteiger partial charge in [-0.05, 0) is 26.8 Å². The largest absolute Gasteiger partial charge is 0.326 e. The van der Waals surface area contributed by atoms with E-state index in [1.807, 2.05) is 4.90 Å². The molecule has 0 rings (SSSR count). The van der Waals surface area contributed by atoms with Crippen molar-refractivity contribution in [3.8, 4) is 0 Å². The van der Waals surface area contributed by atoms with Crippen LogP contribution in [0.3, 0.4) is 0 Å². The molecule has 0 saturated heterocycles. The summed E-state index contributed by atoms with van der Waals surface area (Å²) in [6.07, 6.45) is 1.02. The third kappa shape index (κ3) is 3.98. The number of likely N-dealkylation sites (N-methyl/N-ethyl adjacent to an activating group) is 1. The Labute approximate surface area is 98.1 Å². The quantitative estimate of drug-likeness (QED) is 0.707. The van der Waals surface area contributed by atoms with Crippen molar-refractivity contribution >= 4 is 34.9 Å². The van der Waals surface area contributed by atoms with Crippen molar-refractivity contribution in [3.05, 3.63) is 0 Å². The Balaban J connectivity index is 4.40.